The van der Waals surface area contributed by atoms with Crippen LogP contribution in [0.1, 0.15) is 18.9 Å². The second-order valence-electron chi connectivity index (χ2n) is 3.95. The lowest BCUT2D eigenvalue weighted by atomic mass is 10.1. The van der Waals surface area contributed by atoms with E-state index in [9.17, 15) is 4.79 Å². The van der Waals surface area contributed by atoms with Crippen LogP contribution in [-0.2, 0) is 11.2 Å². The number of rotatable bonds is 7. The molecule has 1 aromatic rings. The fourth-order valence-electron chi connectivity index (χ4n) is 1.13. The van der Waals surface area contributed by atoms with Crippen molar-refractivity contribution in [3.05, 3.63) is 17.7 Å². The summed E-state index contributed by atoms with van der Waals surface area (Å²) in [6.45, 7) is 7.86. The zero-order valence-corrected chi connectivity index (χ0v) is 11.7. The van der Waals surface area contributed by atoms with E-state index in [0.29, 0.717) is 16.8 Å². The van der Waals surface area contributed by atoms with E-state index in [-0.39, 0.29) is 5.91 Å². The topological polar surface area (TPSA) is 54.9 Å². The summed E-state index contributed by atoms with van der Waals surface area (Å²) in [4.78, 5) is 11.5. The summed E-state index contributed by atoms with van der Waals surface area (Å²) in [5.41, 5.74) is 0. The van der Waals surface area contributed by atoms with Gasteiger partial charge in [0.25, 0.3) is 0 Å². The SMILES string of the molecule is C=CCSCC(=O)Nc1nnc(CC(C)C)s1. The normalized spacial score (nSPS) is 10.5. The Morgan fingerprint density at radius 1 is 1.59 bits per heavy atom. The van der Waals surface area contributed by atoms with E-state index in [4.69, 9.17) is 0 Å². The predicted molar refractivity (Wildman–Crippen MR) is 74.6 cm³/mol. The molecule has 0 spiro atoms. The average molecular weight is 271 g/mol. The summed E-state index contributed by atoms with van der Waals surface area (Å²) in [6.07, 6.45) is 2.68. The van der Waals surface area contributed by atoms with Gasteiger partial charge in [-0.1, -0.05) is 31.3 Å². The lowest BCUT2D eigenvalue weighted by molar-refractivity contribution is -0.113. The quantitative estimate of drug-likeness (QED) is 0.612. The van der Waals surface area contributed by atoms with Crippen molar-refractivity contribution < 1.29 is 4.79 Å². The fraction of sp³-hybridized carbons (Fsp3) is 0.545. The third kappa shape index (κ3) is 5.83. The first-order valence-electron chi connectivity index (χ1n) is 5.42. The number of hydrogen-bond donors (Lipinski definition) is 1. The minimum Gasteiger partial charge on any atom is -0.300 e. The molecule has 0 aromatic carbocycles. The van der Waals surface area contributed by atoms with E-state index in [1.807, 2.05) is 0 Å². The molecule has 0 aliphatic heterocycles. The Morgan fingerprint density at radius 2 is 2.35 bits per heavy atom. The van der Waals surface area contributed by atoms with Gasteiger partial charge in [-0.2, -0.15) is 0 Å². The molecule has 0 unspecified atom stereocenters. The minimum atomic E-state index is -0.0379. The molecule has 0 saturated heterocycles. The largest absolute Gasteiger partial charge is 0.300 e. The van der Waals surface area contributed by atoms with Gasteiger partial charge in [-0.25, -0.2) is 0 Å². The molecule has 0 bridgehead atoms. The number of nitrogens with zero attached hydrogens (tertiary/aromatic N) is 2. The average Bonchev–Trinajstić information content (AvgIpc) is 2.64. The smallest absolute Gasteiger partial charge is 0.236 e. The van der Waals surface area contributed by atoms with Crippen molar-refractivity contribution >= 4 is 34.1 Å². The van der Waals surface area contributed by atoms with Gasteiger partial charge in [0.05, 0.1) is 5.75 Å². The van der Waals surface area contributed by atoms with E-state index in [2.05, 4.69) is 35.9 Å². The minimum absolute atomic E-state index is 0.0379. The van der Waals surface area contributed by atoms with Crippen LogP contribution < -0.4 is 5.32 Å². The van der Waals surface area contributed by atoms with Gasteiger partial charge in [0.1, 0.15) is 5.01 Å². The molecule has 1 rings (SSSR count). The molecule has 0 aliphatic carbocycles. The number of carbonyl (C=O) groups is 1. The zero-order chi connectivity index (χ0) is 12.7. The van der Waals surface area contributed by atoms with Crippen LogP contribution in [0, 0.1) is 5.92 Å². The van der Waals surface area contributed by atoms with Gasteiger partial charge in [0.15, 0.2) is 0 Å². The number of hydrogen-bond acceptors (Lipinski definition) is 5. The maximum absolute atomic E-state index is 11.5. The van der Waals surface area contributed by atoms with Crippen LogP contribution in [0.4, 0.5) is 5.13 Å². The van der Waals surface area contributed by atoms with Gasteiger partial charge >= 0.3 is 0 Å². The van der Waals surface area contributed by atoms with Crippen molar-refractivity contribution in [3.63, 3.8) is 0 Å². The van der Waals surface area contributed by atoms with Crippen molar-refractivity contribution in [1.82, 2.24) is 10.2 Å². The van der Waals surface area contributed by atoms with Gasteiger partial charge in [0, 0.05) is 12.2 Å². The van der Waals surface area contributed by atoms with E-state index in [0.717, 1.165) is 17.2 Å². The Balaban J connectivity index is 2.37. The molecule has 0 saturated carbocycles. The van der Waals surface area contributed by atoms with Crippen LogP contribution in [0.3, 0.4) is 0 Å². The molecule has 1 heterocycles. The summed E-state index contributed by atoms with van der Waals surface area (Å²) in [6, 6.07) is 0. The summed E-state index contributed by atoms with van der Waals surface area (Å²) >= 11 is 2.97. The molecule has 0 atom stereocenters. The number of nitrogens with one attached hydrogen (secondary N) is 1. The molecule has 94 valence electrons. The molecule has 17 heavy (non-hydrogen) atoms. The second kappa shape index (κ2) is 7.45. The van der Waals surface area contributed by atoms with Crippen molar-refractivity contribution in [2.45, 2.75) is 20.3 Å². The lowest BCUT2D eigenvalue weighted by Crippen LogP contribution is -2.13. The van der Waals surface area contributed by atoms with Crippen LogP contribution in [0.25, 0.3) is 0 Å². The summed E-state index contributed by atoms with van der Waals surface area (Å²) < 4.78 is 0. The first-order valence-corrected chi connectivity index (χ1v) is 7.39. The predicted octanol–water partition coefficient (Wildman–Crippen LogP) is 2.59. The molecule has 1 N–H and O–H groups in total. The lowest BCUT2D eigenvalue weighted by Gasteiger charge is -1.99. The van der Waals surface area contributed by atoms with Crippen LogP contribution in [-0.4, -0.2) is 27.6 Å². The Morgan fingerprint density at radius 3 is 3.00 bits per heavy atom. The van der Waals surface area contributed by atoms with Gasteiger partial charge < -0.3 is 0 Å². The van der Waals surface area contributed by atoms with Gasteiger partial charge in [-0.3, -0.25) is 10.1 Å². The van der Waals surface area contributed by atoms with E-state index in [1.165, 1.54) is 23.1 Å². The fourth-order valence-corrected chi connectivity index (χ4v) is 2.64. The van der Waals surface area contributed by atoms with Crippen molar-refractivity contribution in [2.24, 2.45) is 5.92 Å². The van der Waals surface area contributed by atoms with Crippen molar-refractivity contribution in [3.8, 4) is 0 Å². The van der Waals surface area contributed by atoms with Gasteiger partial charge in [-0.05, 0) is 5.92 Å². The molecular formula is C11H17N3OS2. The van der Waals surface area contributed by atoms with Crippen LogP contribution in [0.2, 0.25) is 0 Å². The highest BCUT2D eigenvalue weighted by atomic mass is 32.2. The van der Waals surface area contributed by atoms with Crippen LogP contribution in [0.15, 0.2) is 12.7 Å². The van der Waals surface area contributed by atoms with E-state index < -0.39 is 0 Å². The third-order valence-corrected chi connectivity index (χ3v) is 3.56. The number of anilines is 1. The first-order chi connectivity index (χ1) is 8.11. The van der Waals surface area contributed by atoms with Gasteiger partial charge in [-0.15, -0.1) is 28.5 Å². The Bertz CT molecular complexity index is 377. The monoisotopic (exact) mass is 271 g/mol. The number of thioether (sulfide) groups is 1. The number of carbonyl (C=O) groups excluding carboxylic acids is 1. The zero-order valence-electron chi connectivity index (χ0n) is 10.1. The second-order valence-corrected chi connectivity index (χ2v) is 6.04. The third-order valence-electron chi connectivity index (χ3n) is 1.76. The summed E-state index contributed by atoms with van der Waals surface area (Å²) in [5.74, 6) is 1.71. The maximum Gasteiger partial charge on any atom is 0.236 e. The first kappa shape index (κ1) is 14.2. The van der Waals surface area contributed by atoms with E-state index >= 15 is 0 Å². The van der Waals surface area contributed by atoms with Crippen molar-refractivity contribution in [1.29, 1.82) is 0 Å². The Labute approximate surface area is 110 Å². The molecular weight excluding hydrogens is 254 g/mol. The molecule has 6 heteroatoms. The van der Waals surface area contributed by atoms with Crippen LogP contribution in [0.5, 0.6) is 0 Å². The molecule has 4 nitrogen and oxygen atoms in total. The molecule has 0 fully saturated rings. The molecule has 0 aliphatic rings. The number of aromatic nitrogens is 2. The number of amides is 1. The molecule has 1 amide bonds. The summed E-state index contributed by atoms with van der Waals surface area (Å²) in [7, 11) is 0. The molecule has 1 aromatic heterocycles. The van der Waals surface area contributed by atoms with Gasteiger partial charge in [0.2, 0.25) is 11.0 Å². The Hall–Kier alpha value is -0.880. The highest BCUT2D eigenvalue weighted by molar-refractivity contribution is 8.00. The highest BCUT2D eigenvalue weighted by Crippen LogP contribution is 2.18. The molecule has 0 radical (unpaired) electrons. The Kier molecular flexibility index (Phi) is 6.21. The van der Waals surface area contributed by atoms with Crippen LogP contribution >= 0.6 is 23.1 Å². The van der Waals surface area contributed by atoms with E-state index in [1.54, 1.807) is 6.08 Å². The highest BCUT2D eigenvalue weighted by Gasteiger charge is 2.08. The maximum atomic E-state index is 11.5. The van der Waals surface area contributed by atoms with Crippen molar-refractivity contribution in [2.75, 3.05) is 16.8 Å². The standard InChI is InChI=1S/C11H17N3OS2/c1-4-5-16-7-9(15)12-11-14-13-10(17-11)6-8(2)3/h4,8H,1,5-7H2,2-3H3,(H,12,14,15). The summed E-state index contributed by atoms with van der Waals surface area (Å²) in [5, 5.41) is 12.3.